The minimum absolute atomic E-state index is 0.324. The number of hydrogen-bond acceptors (Lipinski definition) is 4. The summed E-state index contributed by atoms with van der Waals surface area (Å²) in [6.45, 7) is 0. The lowest BCUT2D eigenvalue weighted by molar-refractivity contribution is 0.102. The largest absolute Gasteiger partial charge is 0.497 e. The average molecular weight is 445 g/mol. The van der Waals surface area contributed by atoms with Gasteiger partial charge in [-0.2, -0.15) is 0 Å². The first-order valence-corrected chi connectivity index (χ1v) is 8.15. The molecule has 2 aromatic carbocycles. The molecule has 5 nitrogen and oxygen atoms in total. The van der Waals surface area contributed by atoms with Crippen LogP contribution in [0.25, 0.3) is 0 Å². The second kappa shape index (κ2) is 7.70. The van der Waals surface area contributed by atoms with E-state index in [1.54, 1.807) is 31.4 Å². The Morgan fingerprint density at radius 1 is 1.00 bits per heavy atom. The van der Waals surface area contributed by atoms with Gasteiger partial charge in [0.15, 0.2) is 0 Å². The van der Waals surface area contributed by atoms with E-state index in [0.29, 0.717) is 33.0 Å². The summed E-state index contributed by atoms with van der Waals surface area (Å²) in [6.07, 6.45) is 0. The van der Waals surface area contributed by atoms with Crippen molar-refractivity contribution in [3.05, 3.63) is 44.8 Å². The number of carbonyl (C=O) groups excluding carboxylic acids is 1. The van der Waals surface area contributed by atoms with Gasteiger partial charge < -0.3 is 19.5 Å². The number of nitrogens with one attached hydrogen (secondary N) is 1. The van der Waals surface area contributed by atoms with Crippen LogP contribution in [0.4, 0.5) is 5.69 Å². The van der Waals surface area contributed by atoms with Gasteiger partial charge in [0.05, 0.1) is 37.1 Å². The summed E-state index contributed by atoms with van der Waals surface area (Å²) in [5.74, 6) is 1.28. The van der Waals surface area contributed by atoms with Crippen LogP contribution in [-0.2, 0) is 0 Å². The molecular weight excluding hydrogens is 430 g/mol. The minimum atomic E-state index is -0.324. The molecule has 7 heteroatoms. The second-order valence-electron chi connectivity index (χ2n) is 4.49. The Morgan fingerprint density at radius 3 is 2.35 bits per heavy atom. The third-order valence-electron chi connectivity index (χ3n) is 3.11. The van der Waals surface area contributed by atoms with Gasteiger partial charge >= 0.3 is 0 Å². The molecule has 0 saturated carbocycles. The summed E-state index contributed by atoms with van der Waals surface area (Å²) in [6, 6.07) is 8.66. The molecule has 23 heavy (non-hydrogen) atoms. The highest BCUT2D eigenvalue weighted by molar-refractivity contribution is 9.11. The smallest absolute Gasteiger partial charge is 0.259 e. The molecule has 0 aromatic heterocycles. The second-order valence-corrected chi connectivity index (χ2v) is 6.26. The molecule has 0 aliphatic heterocycles. The highest BCUT2D eigenvalue weighted by Gasteiger charge is 2.18. The maximum absolute atomic E-state index is 12.6. The van der Waals surface area contributed by atoms with Gasteiger partial charge in [0.25, 0.3) is 5.91 Å². The van der Waals surface area contributed by atoms with Gasteiger partial charge in [0.1, 0.15) is 17.2 Å². The molecule has 2 aromatic rings. The number of anilines is 1. The van der Waals surface area contributed by atoms with Gasteiger partial charge in [-0.1, -0.05) is 15.9 Å². The quantitative estimate of drug-likeness (QED) is 0.738. The zero-order chi connectivity index (χ0) is 17.0. The minimum Gasteiger partial charge on any atom is -0.497 e. The number of rotatable bonds is 5. The topological polar surface area (TPSA) is 56.8 Å². The van der Waals surface area contributed by atoms with E-state index in [0.717, 1.165) is 4.47 Å². The fraction of sp³-hybridized carbons (Fsp3) is 0.188. The Labute approximate surface area is 151 Å². The molecule has 1 amide bonds. The maximum atomic E-state index is 12.6. The van der Waals surface area contributed by atoms with Crippen LogP contribution in [0.3, 0.4) is 0 Å². The summed E-state index contributed by atoms with van der Waals surface area (Å²) < 4.78 is 17.2. The van der Waals surface area contributed by atoms with Crippen molar-refractivity contribution in [2.24, 2.45) is 0 Å². The third kappa shape index (κ3) is 3.97. The Balaban J connectivity index is 2.40. The molecule has 122 valence electrons. The van der Waals surface area contributed by atoms with Crippen LogP contribution in [0.5, 0.6) is 17.2 Å². The molecule has 0 spiro atoms. The molecule has 1 N–H and O–H groups in total. The fourth-order valence-corrected chi connectivity index (χ4v) is 3.42. The number of ether oxygens (including phenoxy) is 3. The average Bonchev–Trinajstić information content (AvgIpc) is 2.54. The first-order valence-electron chi connectivity index (χ1n) is 6.56. The number of carbonyl (C=O) groups is 1. The van der Waals surface area contributed by atoms with Crippen LogP contribution >= 0.6 is 31.9 Å². The molecule has 0 fully saturated rings. The molecular formula is C16H15Br2NO4. The van der Waals surface area contributed by atoms with Crippen molar-refractivity contribution >= 4 is 43.5 Å². The Morgan fingerprint density at radius 2 is 1.74 bits per heavy atom. The Bertz CT molecular complexity index is 734. The SMILES string of the molecule is COc1ccc(OC)c(NC(=O)c2cc(Br)cc(Br)c2OC)c1. The summed E-state index contributed by atoms with van der Waals surface area (Å²) >= 11 is 6.75. The van der Waals surface area contributed by atoms with Crippen molar-refractivity contribution < 1.29 is 19.0 Å². The number of hydrogen-bond donors (Lipinski definition) is 1. The zero-order valence-electron chi connectivity index (χ0n) is 12.8. The van der Waals surface area contributed by atoms with Crippen LogP contribution < -0.4 is 19.5 Å². The Hall–Kier alpha value is -1.73. The zero-order valence-corrected chi connectivity index (χ0v) is 15.9. The van der Waals surface area contributed by atoms with Crippen molar-refractivity contribution in [3.63, 3.8) is 0 Å². The van der Waals surface area contributed by atoms with Gasteiger partial charge in [0.2, 0.25) is 0 Å². The van der Waals surface area contributed by atoms with Gasteiger partial charge in [0, 0.05) is 10.5 Å². The van der Waals surface area contributed by atoms with Crippen molar-refractivity contribution in [3.8, 4) is 17.2 Å². The van der Waals surface area contributed by atoms with E-state index in [1.807, 2.05) is 6.07 Å². The van der Waals surface area contributed by atoms with Crippen LogP contribution in [-0.4, -0.2) is 27.2 Å². The lowest BCUT2D eigenvalue weighted by Crippen LogP contribution is -2.14. The normalized spacial score (nSPS) is 10.1. The molecule has 0 aliphatic rings. The molecule has 0 bridgehead atoms. The van der Waals surface area contributed by atoms with Gasteiger partial charge in [-0.25, -0.2) is 0 Å². The molecule has 0 atom stereocenters. The lowest BCUT2D eigenvalue weighted by Gasteiger charge is -2.14. The van der Waals surface area contributed by atoms with Crippen molar-refractivity contribution in [1.29, 1.82) is 0 Å². The highest BCUT2D eigenvalue weighted by Crippen LogP contribution is 2.34. The van der Waals surface area contributed by atoms with E-state index in [2.05, 4.69) is 37.2 Å². The van der Waals surface area contributed by atoms with E-state index in [1.165, 1.54) is 14.2 Å². The molecule has 0 radical (unpaired) electrons. The Kier molecular flexibility index (Phi) is 5.90. The molecule has 0 unspecified atom stereocenters. The molecule has 0 heterocycles. The monoisotopic (exact) mass is 443 g/mol. The first-order chi connectivity index (χ1) is 11.0. The summed E-state index contributed by atoms with van der Waals surface area (Å²) in [7, 11) is 4.60. The van der Waals surface area contributed by atoms with E-state index >= 15 is 0 Å². The van der Waals surface area contributed by atoms with Gasteiger partial charge in [-0.3, -0.25) is 4.79 Å². The van der Waals surface area contributed by atoms with E-state index in [-0.39, 0.29) is 5.91 Å². The van der Waals surface area contributed by atoms with Crippen LogP contribution in [0.2, 0.25) is 0 Å². The molecule has 2 rings (SSSR count). The van der Waals surface area contributed by atoms with Crippen LogP contribution in [0.1, 0.15) is 10.4 Å². The third-order valence-corrected chi connectivity index (χ3v) is 4.16. The van der Waals surface area contributed by atoms with Gasteiger partial charge in [-0.15, -0.1) is 0 Å². The van der Waals surface area contributed by atoms with Crippen LogP contribution in [0, 0.1) is 0 Å². The molecule has 0 saturated heterocycles. The number of halogens is 2. The number of benzene rings is 2. The standard InChI is InChI=1S/C16H15Br2NO4/c1-21-10-4-5-14(22-2)13(8-10)19-16(20)11-6-9(17)7-12(18)15(11)23-3/h4-8H,1-3H3,(H,19,20). The highest BCUT2D eigenvalue weighted by atomic mass is 79.9. The summed E-state index contributed by atoms with van der Waals surface area (Å²) in [5, 5.41) is 2.82. The van der Waals surface area contributed by atoms with E-state index in [4.69, 9.17) is 14.2 Å². The lowest BCUT2D eigenvalue weighted by atomic mass is 10.1. The molecule has 0 aliphatic carbocycles. The van der Waals surface area contributed by atoms with E-state index < -0.39 is 0 Å². The summed E-state index contributed by atoms with van der Waals surface area (Å²) in [4.78, 5) is 12.6. The van der Waals surface area contributed by atoms with Crippen LogP contribution in [0.15, 0.2) is 39.3 Å². The predicted octanol–water partition coefficient (Wildman–Crippen LogP) is 4.49. The fourth-order valence-electron chi connectivity index (χ4n) is 2.04. The predicted molar refractivity (Wildman–Crippen MR) is 95.9 cm³/mol. The maximum Gasteiger partial charge on any atom is 0.259 e. The van der Waals surface area contributed by atoms with Crippen molar-refractivity contribution in [1.82, 2.24) is 0 Å². The summed E-state index contributed by atoms with van der Waals surface area (Å²) in [5.41, 5.74) is 0.897. The number of methoxy groups -OCH3 is 3. The van der Waals surface area contributed by atoms with E-state index in [9.17, 15) is 4.79 Å². The number of amides is 1. The first kappa shape index (κ1) is 17.6. The van der Waals surface area contributed by atoms with Crippen molar-refractivity contribution in [2.45, 2.75) is 0 Å². The van der Waals surface area contributed by atoms with Crippen molar-refractivity contribution in [2.75, 3.05) is 26.6 Å². The van der Waals surface area contributed by atoms with Gasteiger partial charge in [-0.05, 0) is 40.2 Å².